The third kappa shape index (κ3) is 2.24. The lowest BCUT2D eigenvalue weighted by Crippen LogP contribution is -2.54. The molecule has 0 unspecified atom stereocenters. The second-order valence-corrected chi connectivity index (χ2v) is 5.99. The van der Waals surface area contributed by atoms with Crippen LogP contribution in [0.1, 0.15) is 52.9 Å². The molecule has 2 heterocycles. The maximum Gasteiger partial charge on any atom is 0.220 e. The number of nitrogens with one attached hydrogen (secondary N) is 2. The van der Waals surface area contributed by atoms with E-state index in [1.807, 2.05) is 0 Å². The summed E-state index contributed by atoms with van der Waals surface area (Å²) in [5, 5.41) is 6.95. The molecule has 1 amide bonds. The molecule has 0 bridgehead atoms. The highest BCUT2D eigenvalue weighted by Crippen LogP contribution is 2.32. The van der Waals surface area contributed by atoms with Crippen LogP contribution in [0, 0.1) is 5.92 Å². The van der Waals surface area contributed by atoms with Gasteiger partial charge in [-0.05, 0) is 32.1 Å². The zero-order valence-corrected chi connectivity index (χ0v) is 10.7. The minimum atomic E-state index is -0.0214. The van der Waals surface area contributed by atoms with Gasteiger partial charge in [0.05, 0.1) is 5.54 Å². The van der Waals surface area contributed by atoms with Crippen LogP contribution in [0.15, 0.2) is 0 Å². The van der Waals surface area contributed by atoms with Crippen molar-refractivity contribution in [3.05, 3.63) is 0 Å². The van der Waals surface area contributed by atoms with Crippen LogP contribution in [0.3, 0.4) is 0 Å². The zero-order chi connectivity index (χ0) is 11.8. The minimum absolute atomic E-state index is 0.0214. The zero-order valence-electron chi connectivity index (χ0n) is 10.7. The fraction of sp³-hybridized carbons (Fsp3) is 0.923. The smallest absolute Gasteiger partial charge is 0.220 e. The van der Waals surface area contributed by atoms with Gasteiger partial charge in [-0.15, -0.1) is 0 Å². The molecule has 0 spiro atoms. The summed E-state index contributed by atoms with van der Waals surface area (Å²) in [5.41, 5.74) is -0.0214. The molecule has 2 saturated heterocycles. The highest BCUT2D eigenvalue weighted by Gasteiger charge is 2.45. The molecule has 0 aliphatic carbocycles. The molecule has 16 heavy (non-hydrogen) atoms. The van der Waals surface area contributed by atoms with E-state index in [1.54, 1.807) is 0 Å². The molecule has 3 nitrogen and oxygen atoms in total. The number of carbonyl (C=O) groups is 1. The number of fused-ring (bicyclic) bond motifs is 1. The number of carbonyl (C=O) groups excluding carboxylic acids is 1. The highest BCUT2D eigenvalue weighted by atomic mass is 16.1. The first-order valence-corrected chi connectivity index (χ1v) is 6.58. The van der Waals surface area contributed by atoms with Crippen molar-refractivity contribution in [1.29, 1.82) is 0 Å². The van der Waals surface area contributed by atoms with Crippen molar-refractivity contribution in [2.45, 2.75) is 70.5 Å². The SMILES string of the molecule is CC(C)[C@@H]1C[C@]2(C)NC(=O)CCCC[C@@H]2N1. The van der Waals surface area contributed by atoms with Crippen LogP contribution in [0.2, 0.25) is 0 Å². The van der Waals surface area contributed by atoms with Crippen LogP contribution in [-0.4, -0.2) is 23.5 Å². The van der Waals surface area contributed by atoms with E-state index in [1.165, 1.54) is 12.8 Å². The van der Waals surface area contributed by atoms with Gasteiger partial charge in [0, 0.05) is 18.5 Å². The van der Waals surface area contributed by atoms with Gasteiger partial charge in [-0.2, -0.15) is 0 Å². The van der Waals surface area contributed by atoms with Gasteiger partial charge in [-0.25, -0.2) is 0 Å². The van der Waals surface area contributed by atoms with Crippen LogP contribution >= 0.6 is 0 Å². The van der Waals surface area contributed by atoms with Gasteiger partial charge < -0.3 is 10.6 Å². The first kappa shape index (κ1) is 11.9. The Kier molecular flexibility index (Phi) is 3.24. The maximum atomic E-state index is 11.7. The van der Waals surface area contributed by atoms with Gasteiger partial charge in [0.25, 0.3) is 0 Å². The fourth-order valence-corrected chi connectivity index (χ4v) is 3.08. The largest absolute Gasteiger partial charge is 0.349 e. The lowest BCUT2D eigenvalue weighted by molar-refractivity contribution is -0.123. The average molecular weight is 224 g/mol. The number of rotatable bonds is 1. The quantitative estimate of drug-likeness (QED) is 0.713. The Balaban J connectivity index is 2.12. The van der Waals surface area contributed by atoms with Gasteiger partial charge in [0.1, 0.15) is 0 Å². The van der Waals surface area contributed by atoms with Crippen LogP contribution < -0.4 is 10.6 Å². The Morgan fingerprint density at radius 3 is 2.81 bits per heavy atom. The highest BCUT2D eigenvalue weighted by molar-refractivity contribution is 5.77. The van der Waals surface area contributed by atoms with E-state index in [0.29, 0.717) is 24.4 Å². The minimum Gasteiger partial charge on any atom is -0.349 e. The predicted molar refractivity (Wildman–Crippen MR) is 65.2 cm³/mol. The van der Waals surface area contributed by atoms with Crippen molar-refractivity contribution in [3.63, 3.8) is 0 Å². The summed E-state index contributed by atoms with van der Waals surface area (Å²) in [5.74, 6) is 0.875. The maximum absolute atomic E-state index is 11.7. The van der Waals surface area contributed by atoms with Crippen LogP contribution in [0.4, 0.5) is 0 Å². The predicted octanol–water partition coefficient (Wildman–Crippen LogP) is 1.82. The Hall–Kier alpha value is -0.570. The monoisotopic (exact) mass is 224 g/mol. The van der Waals surface area contributed by atoms with E-state index in [0.717, 1.165) is 12.8 Å². The molecule has 2 rings (SSSR count). The molecule has 0 aromatic carbocycles. The van der Waals surface area contributed by atoms with E-state index >= 15 is 0 Å². The summed E-state index contributed by atoms with van der Waals surface area (Å²) < 4.78 is 0. The van der Waals surface area contributed by atoms with E-state index < -0.39 is 0 Å². The van der Waals surface area contributed by atoms with Gasteiger partial charge in [-0.1, -0.05) is 20.3 Å². The number of amides is 1. The molecular weight excluding hydrogens is 200 g/mol. The molecule has 2 aliphatic rings. The molecule has 0 aromatic heterocycles. The second-order valence-electron chi connectivity index (χ2n) is 5.99. The molecule has 3 atom stereocenters. The summed E-state index contributed by atoms with van der Waals surface area (Å²) in [7, 11) is 0. The van der Waals surface area contributed by atoms with E-state index in [-0.39, 0.29) is 11.4 Å². The molecule has 2 N–H and O–H groups in total. The Morgan fingerprint density at radius 2 is 2.12 bits per heavy atom. The molecule has 2 fully saturated rings. The van der Waals surface area contributed by atoms with Crippen molar-refractivity contribution in [2.75, 3.05) is 0 Å². The van der Waals surface area contributed by atoms with Gasteiger partial charge in [0.15, 0.2) is 0 Å². The van der Waals surface area contributed by atoms with Crippen LogP contribution in [-0.2, 0) is 4.79 Å². The molecule has 3 heteroatoms. The lowest BCUT2D eigenvalue weighted by atomic mass is 9.85. The Morgan fingerprint density at radius 1 is 1.38 bits per heavy atom. The normalized spacial score (nSPS) is 40.1. The van der Waals surface area contributed by atoms with Gasteiger partial charge in [-0.3, -0.25) is 4.79 Å². The van der Waals surface area contributed by atoms with Crippen LogP contribution in [0.25, 0.3) is 0 Å². The van der Waals surface area contributed by atoms with Gasteiger partial charge >= 0.3 is 0 Å². The van der Waals surface area contributed by atoms with Crippen molar-refractivity contribution in [1.82, 2.24) is 10.6 Å². The van der Waals surface area contributed by atoms with Crippen molar-refractivity contribution >= 4 is 5.91 Å². The van der Waals surface area contributed by atoms with Crippen molar-refractivity contribution in [3.8, 4) is 0 Å². The topological polar surface area (TPSA) is 41.1 Å². The third-order valence-electron chi connectivity index (χ3n) is 4.20. The summed E-state index contributed by atoms with van der Waals surface area (Å²) >= 11 is 0. The third-order valence-corrected chi connectivity index (χ3v) is 4.20. The molecule has 2 aliphatic heterocycles. The molecule has 92 valence electrons. The van der Waals surface area contributed by atoms with Crippen molar-refractivity contribution < 1.29 is 4.79 Å². The first-order chi connectivity index (χ1) is 7.51. The van der Waals surface area contributed by atoms with Crippen LogP contribution in [0.5, 0.6) is 0 Å². The second kappa shape index (κ2) is 4.36. The van der Waals surface area contributed by atoms with Gasteiger partial charge in [0.2, 0.25) is 5.91 Å². The van der Waals surface area contributed by atoms with E-state index in [4.69, 9.17) is 0 Å². The Bertz CT molecular complexity index is 277. The molecule has 0 aromatic rings. The average Bonchev–Trinajstić information content (AvgIpc) is 2.48. The number of hydrogen-bond acceptors (Lipinski definition) is 2. The summed E-state index contributed by atoms with van der Waals surface area (Å²) in [4.78, 5) is 11.7. The van der Waals surface area contributed by atoms with E-state index in [2.05, 4.69) is 31.4 Å². The number of hydrogen-bond donors (Lipinski definition) is 2. The Labute approximate surface area is 98.4 Å². The molecule has 0 radical (unpaired) electrons. The summed E-state index contributed by atoms with van der Waals surface area (Å²) in [6.45, 7) is 6.71. The van der Waals surface area contributed by atoms with E-state index in [9.17, 15) is 4.79 Å². The fourth-order valence-electron chi connectivity index (χ4n) is 3.08. The standard InChI is InChI=1S/C13H24N2O/c1-9(2)10-8-13(3)11(14-10)6-4-5-7-12(16)15-13/h9-11,14H,4-8H2,1-3H3,(H,15,16)/t10-,11-,13-/m0/s1. The lowest BCUT2D eigenvalue weighted by Gasteiger charge is -2.34. The first-order valence-electron chi connectivity index (χ1n) is 6.58. The summed E-state index contributed by atoms with van der Waals surface area (Å²) in [6, 6.07) is 1.01. The summed E-state index contributed by atoms with van der Waals surface area (Å²) in [6.07, 6.45) is 5.17. The molecular formula is C13H24N2O. The van der Waals surface area contributed by atoms with Crippen molar-refractivity contribution in [2.24, 2.45) is 5.92 Å². The molecule has 0 saturated carbocycles.